The highest BCUT2D eigenvalue weighted by Crippen LogP contribution is 2.34. The molecule has 1 fully saturated rings. The van der Waals surface area contributed by atoms with Crippen LogP contribution in [-0.4, -0.2) is 28.4 Å². The molecule has 0 unspecified atom stereocenters. The molecule has 4 rings (SSSR count). The van der Waals surface area contributed by atoms with Gasteiger partial charge in [0.25, 0.3) is 6.47 Å². The minimum atomic E-state index is -0.0579. The van der Waals surface area contributed by atoms with Crippen molar-refractivity contribution in [3.05, 3.63) is 59.0 Å². The number of allylic oxidation sites excluding steroid dienone is 2. The Balaban J connectivity index is 1.82. The molecule has 0 spiro atoms. The Morgan fingerprint density at radius 3 is 2.66 bits per heavy atom. The molecule has 3 aromatic rings. The molecule has 0 bridgehead atoms. The second-order valence-electron chi connectivity index (χ2n) is 9.76. The first-order valence-corrected chi connectivity index (χ1v) is 12.5. The molecule has 0 saturated heterocycles. The summed E-state index contributed by atoms with van der Waals surface area (Å²) in [5.41, 5.74) is 14.3. The van der Waals surface area contributed by atoms with Crippen LogP contribution in [0.1, 0.15) is 62.6 Å². The Labute approximate surface area is 207 Å². The number of pyridine rings is 1. The van der Waals surface area contributed by atoms with Gasteiger partial charge < -0.3 is 15.0 Å². The maximum absolute atomic E-state index is 12.3. The summed E-state index contributed by atoms with van der Waals surface area (Å²) in [5, 5.41) is 0. The van der Waals surface area contributed by atoms with E-state index in [1.54, 1.807) is 20.0 Å². The van der Waals surface area contributed by atoms with Crippen molar-refractivity contribution in [1.82, 2.24) is 9.55 Å². The SMILES string of the molecule is CC(=O)C(=C(C)N)c1cnc2c(-c3ccc(C)c(CCOC=O)c3)cn(CC3CCCCC3)c2c1. The minimum absolute atomic E-state index is 0.0579. The van der Waals surface area contributed by atoms with Gasteiger partial charge in [0.05, 0.1) is 17.6 Å². The number of aryl methyl sites for hydroxylation is 1. The molecule has 1 aromatic carbocycles. The fourth-order valence-electron chi connectivity index (χ4n) is 5.35. The quantitative estimate of drug-likeness (QED) is 0.249. The number of hydrogen-bond acceptors (Lipinski definition) is 5. The first-order valence-electron chi connectivity index (χ1n) is 12.5. The van der Waals surface area contributed by atoms with Crippen LogP contribution in [0.5, 0.6) is 0 Å². The molecule has 0 radical (unpaired) electrons. The van der Waals surface area contributed by atoms with Gasteiger partial charge in [0.2, 0.25) is 0 Å². The predicted octanol–water partition coefficient (Wildman–Crippen LogP) is 5.59. The molecule has 1 saturated carbocycles. The third-order valence-electron chi connectivity index (χ3n) is 7.15. The lowest BCUT2D eigenvalue weighted by atomic mass is 9.89. The summed E-state index contributed by atoms with van der Waals surface area (Å²) >= 11 is 0. The van der Waals surface area contributed by atoms with Crippen molar-refractivity contribution in [2.45, 2.75) is 65.8 Å². The standard InChI is InChI=1S/C29H35N3O3/c1-19-9-10-24(13-23(19)11-12-35-18-33)26-17-32(16-22-7-5-4-6-8-22)27-14-25(15-31-29(26)27)28(20(2)30)21(3)34/h9-10,13-15,17-18,22H,4-8,11-12,16,30H2,1-3H3. The third kappa shape index (κ3) is 5.47. The zero-order chi connectivity index (χ0) is 24.9. The summed E-state index contributed by atoms with van der Waals surface area (Å²) in [6, 6.07) is 8.47. The second-order valence-corrected chi connectivity index (χ2v) is 9.76. The van der Waals surface area contributed by atoms with Crippen molar-refractivity contribution in [3.8, 4) is 11.1 Å². The number of ether oxygens (including phenoxy) is 1. The van der Waals surface area contributed by atoms with Crippen LogP contribution in [0, 0.1) is 12.8 Å². The molecule has 6 nitrogen and oxygen atoms in total. The predicted molar refractivity (Wildman–Crippen MR) is 140 cm³/mol. The molecule has 1 aliphatic carbocycles. The highest BCUT2D eigenvalue weighted by Gasteiger charge is 2.20. The summed E-state index contributed by atoms with van der Waals surface area (Å²) in [5.74, 6) is 0.585. The van der Waals surface area contributed by atoms with Crippen LogP contribution in [-0.2, 0) is 27.3 Å². The van der Waals surface area contributed by atoms with Crippen LogP contribution in [0.25, 0.3) is 27.7 Å². The highest BCUT2D eigenvalue weighted by molar-refractivity contribution is 6.20. The number of benzene rings is 1. The number of Topliss-reactive ketones (excluding diaryl/α,β-unsaturated/α-hetero) is 1. The number of aromatic nitrogens is 2. The monoisotopic (exact) mass is 473 g/mol. The van der Waals surface area contributed by atoms with Crippen LogP contribution in [0.15, 0.2) is 42.4 Å². The van der Waals surface area contributed by atoms with Crippen molar-refractivity contribution in [1.29, 1.82) is 0 Å². The normalized spacial score (nSPS) is 15.2. The minimum Gasteiger partial charge on any atom is -0.468 e. The van der Waals surface area contributed by atoms with Crippen LogP contribution in [0.3, 0.4) is 0 Å². The van der Waals surface area contributed by atoms with Crippen molar-refractivity contribution in [2.75, 3.05) is 6.61 Å². The van der Waals surface area contributed by atoms with E-state index in [0.29, 0.717) is 36.7 Å². The van der Waals surface area contributed by atoms with Gasteiger partial charge in [-0.2, -0.15) is 0 Å². The van der Waals surface area contributed by atoms with Crippen molar-refractivity contribution >= 4 is 28.9 Å². The Bertz CT molecular complexity index is 1260. The van der Waals surface area contributed by atoms with Crippen molar-refractivity contribution in [3.63, 3.8) is 0 Å². The third-order valence-corrected chi connectivity index (χ3v) is 7.15. The van der Waals surface area contributed by atoms with E-state index >= 15 is 0 Å². The largest absolute Gasteiger partial charge is 0.468 e. The number of fused-ring (bicyclic) bond motifs is 1. The van der Waals surface area contributed by atoms with Gasteiger partial charge in [-0.15, -0.1) is 0 Å². The fraction of sp³-hybridized carbons (Fsp3) is 0.414. The molecule has 0 aliphatic heterocycles. The lowest BCUT2D eigenvalue weighted by Gasteiger charge is -2.22. The van der Waals surface area contributed by atoms with Gasteiger partial charge in [-0.25, -0.2) is 0 Å². The van der Waals surface area contributed by atoms with Gasteiger partial charge >= 0.3 is 0 Å². The molecular weight excluding hydrogens is 438 g/mol. The number of nitrogens with two attached hydrogens (primary N) is 1. The van der Waals surface area contributed by atoms with E-state index in [1.807, 2.05) is 0 Å². The van der Waals surface area contributed by atoms with E-state index in [2.05, 4.69) is 42.0 Å². The lowest BCUT2D eigenvalue weighted by molar-refractivity contribution is -0.128. The smallest absolute Gasteiger partial charge is 0.293 e. The molecular formula is C29H35N3O3. The van der Waals surface area contributed by atoms with E-state index in [1.165, 1.54) is 37.7 Å². The topological polar surface area (TPSA) is 87.2 Å². The van der Waals surface area contributed by atoms with Crippen LogP contribution in [0.4, 0.5) is 0 Å². The van der Waals surface area contributed by atoms with Gasteiger partial charge in [-0.3, -0.25) is 14.6 Å². The first kappa shape index (κ1) is 24.7. The summed E-state index contributed by atoms with van der Waals surface area (Å²) in [4.78, 5) is 27.7. The van der Waals surface area contributed by atoms with Crippen LogP contribution >= 0.6 is 0 Å². The molecule has 2 aromatic heterocycles. The van der Waals surface area contributed by atoms with Crippen molar-refractivity contribution < 1.29 is 14.3 Å². The number of rotatable bonds is 9. The van der Waals surface area contributed by atoms with E-state index in [-0.39, 0.29) is 5.78 Å². The van der Waals surface area contributed by atoms with Gasteiger partial charge in [0, 0.05) is 47.8 Å². The summed E-state index contributed by atoms with van der Waals surface area (Å²) in [6.07, 6.45) is 11.0. The van der Waals surface area contributed by atoms with Gasteiger partial charge in [0.1, 0.15) is 0 Å². The maximum atomic E-state index is 12.3. The maximum Gasteiger partial charge on any atom is 0.293 e. The van der Waals surface area contributed by atoms with E-state index < -0.39 is 0 Å². The number of hydrogen-bond donors (Lipinski definition) is 1. The number of carbonyl (C=O) groups excluding carboxylic acids is 2. The van der Waals surface area contributed by atoms with Crippen LogP contribution < -0.4 is 5.73 Å². The molecule has 6 heteroatoms. The first-order chi connectivity index (χ1) is 16.9. The molecule has 2 N–H and O–H groups in total. The fourth-order valence-corrected chi connectivity index (χ4v) is 5.35. The highest BCUT2D eigenvalue weighted by atomic mass is 16.5. The van der Waals surface area contributed by atoms with Crippen LogP contribution in [0.2, 0.25) is 0 Å². The zero-order valence-corrected chi connectivity index (χ0v) is 21.0. The Morgan fingerprint density at radius 2 is 1.97 bits per heavy atom. The van der Waals surface area contributed by atoms with Gasteiger partial charge in [-0.05, 0) is 62.3 Å². The van der Waals surface area contributed by atoms with Gasteiger partial charge in [-0.1, -0.05) is 37.5 Å². The van der Waals surface area contributed by atoms with E-state index in [0.717, 1.165) is 39.8 Å². The summed E-state index contributed by atoms with van der Waals surface area (Å²) < 4.78 is 7.25. The number of ketones is 1. The molecule has 0 atom stereocenters. The van der Waals surface area contributed by atoms with Gasteiger partial charge in [0.15, 0.2) is 5.78 Å². The van der Waals surface area contributed by atoms with E-state index in [9.17, 15) is 9.59 Å². The second kappa shape index (κ2) is 10.9. The van der Waals surface area contributed by atoms with E-state index in [4.69, 9.17) is 15.5 Å². The number of carbonyl (C=O) groups is 2. The molecule has 35 heavy (non-hydrogen) atoms. The molecule has 2 heterocycles. The molecule has 184 valence electrons. The summed E-state index contributed by atoms with van der Waals surface area (Å²) in [6.45, 7) is 7.17. The molecule has 0 amide bonds. The zero-order valence-electron chi connectivity index (χ0n) is 21.0. The molecule has 1 aliphatic rings. The average Bonchev–Trinajstić information content (AvgIpc) is 3.18. The number of nitrogens with zero attached hydrogens (tertiary/aromatic N) is 2. The Morgan fingerprint density at radius 1 is 1.20 bits per heavy atom. The summed E-state index contributed by atoms with van der Waals surface area (Å²) in [7, 11) is 0. The average molecular weight is 474 g/mol. The Kier molecular flexibility index (Phi) is 7.69. The lowest BCUT2D eigenvalue weighted by Crippen LogP contribution is -2.13. The Hall–Kier alpha value is -3.41. The van der Waals surface area contributed by atoms with Crippen molar-refractivity contribution in [2.24, 2.45) is 11.7 Å².